The quantitative estimate of drug-likeness (QED) is 0.929. The normalized spacial score (nSPS) is 29.6. The van der Waals surface area contributed by atoms with Crippen LogP contribution in [0, 0.1) is 11.3 Å². The van der Waals surface area contributed by atoms with Crippen molar-refractivity contribution >= 4 is 5.97 Å². The molecule has 1 heterocycles. The van der Waals surface area contributed by atoms with Gasteiger partial charge in [0.05, 0.1) is 5.41 Å². The average molecular weight is 287 g/mol. The summed E-state index contributed by atoms with van der Waals surface area (Å²) in [5, 5.41) is 9.68. The summed E-state index contributed by atoms with van der Waals surface area (Å²) in [6, 6.07) is 9.19. The number of carboxylic acid groups (broad SMARTS) is 1. The van der Waals surface area contributed by atoms with E-state index in [-0.39, 0.29) is 5.92 Å². The Morgan fingerprint density at radius 3 is 2.67 bits per heavy atom. The molecule has 0 radical (unpaired) electrons. The number of carbonyl (C=O) groups is 1. The molecule has 0 amide bonds. The van der Waals surface area contributed by atoms with E-state index in [0.29, 0.717) is 12.6 Å². The number of fused-ring (bicyclic) bond motifs is 1. The third kappa shape index (κ3) is 2.48. The van der Waals surface area contributed by atoms with Crippen LogP contribution in [0.1, 0.15) is 37.8 Å². The summed E-state index contributed by atoms with van der Waals surface area (Å²) in [5.41, 5.74) is 2.38. The van der Waals surface area contributed by atoms with Crippen molar-refractivity contribution in [2.75, 3.05) is 13.1 Å². The van der Waals surface area contributed by atoms with Crippen LogP contribution in [0.2, 0.25) is 0 Å². The number of benzene rings is 1. The van der Waals surface area contributed by atoms with Gasteiger partial charge in [-0.3, -0.25) is 9.69 Å². The standard InChI is InChI=1S/C18H25NO2/c1-13(2)18(17(20)21)9-10-19(12-18)16-8-7-14-5-3-4-6-15(14)11-16/h3-6,13,16H,7-12H2,1-2H3,(H,20,21). The van der Waals surface area contributed by atoms with E-state index in [0.717, 1.165) is 32.2 Å². The molecule has 2 atom stereocenters. The summed E-state index contributed by atoms with van der Waals surface area (Å²) >= 11 is 0. The van der Waals surface area contributed by atoms with Crippen LogP contribution >= 0.6 is 0 Å². The summed E-state index contributed by atoms with van der Waals surface area (Å²) in [5.74, 6) is -0.424. The molecule has 0 aromatic heterocycles. The van der Waals surface area contributed by atoms with Crippen molar-refractivity contribution < 1.29 is 9.90 Å². The minimum atomic E-state index is -0.615. The van der Waals surface area contributed by atoms with Gasteiger partial charge >= 0.3 is 5.97 Å². The fourth-order valence-corrected chi connectivity index (χ4v) is 4.06. The van der Waals surface area contributed by atoms with E-state index in [1.807, 2.05) is 13.8 Å². The molecule has 0 bridgehead atoms. The van der Waals surface area contributed by atoms with Crippen LogP contribution in [-0.2, 0) is 17.6 Å². The van der Waals surface area contributed by atoms with Gasteiger partial charge in [0.25, 0.3) is 0 Å². The van der Waals surface area contributed by atoms with Gasteiger partial charge in [-0.05, 0) is 49.3 Å². The summed E-state index contributed by atoms with van der Waals surface area (Å²) < 4.78 is 0. The molecule has 1 aromatic rings. The number of likely N-dealkylation sites (tertiary alicyclic amines) is 1. The summed E-state index contributed by atoms with van der Waals surface area (Å²) in [4.78, 5) is 14.2. The van der Waals surface area contributed by atoms with Gasteiger partial charge in [0.2, 0.25) is 0 Å². The summed E-state index contributed by atoms with van der Waals surface area (Å²) in [7, 11) is 0. The second-order valence-electron chi connectivity index (χ2n) is 7.00. The second-order valence-corrected chi connectivity index (χ2v) is 7.00. The Kier molecular flexibility index (Phi) is 3.78. The lowest BCUT2D eigenvalue weighted by molar-refractivity contribution is -0.151. The van der Waals surface area contributed by atoms with E-state index >= 15 is 0 Å². The van der Waals surface area contributed by atoms with Crippen molar-refractivity contribution in [3.8, 4) is 0 Å². The fraction of sp³-hybridized carbons (Fsp3) is 0.611. The molecule has 114 valence electrons. The highest BCUT2D eigenvalue weighted by molar-refractivity contribution is 5.75. The number of rotatable bonds is 3. The molecule has 0 saturated carbocycles. The van der Waals surface area contributed by atoms with Crippen LogP contribution < -0.4 is 0 Å². The van der Waals surface area contributed by atoms with Crippen LogP contribution in [0.5, 0.6) is 0 Å². The monoisotopic (exact) mass is 287 g/mol. The molecule has 1 saturated heterocycles. The summed E-state index contributed by atoms with van der Waals surface area (Å²) in [6.45, 7) is 5.74. The third-order valence-electron chi connectivity index (χ3n) is 5.70. The molecule has 2 aliphatic rings. The first-order chi connectivity index (χ1) is 10.0. The molecular weight excluding hydrogens is 262 g/mol. The van der Waals surface area contributed by atoms with Crippen molar-refractivity contribution in [3.63, 3.8) is 0 Å². The van der Waals surface area contributed by atoms with E-state index in [2.05, 4.69) is 29.2 Å². The first kappa shape index (κ1) is 14.6. The zero-order chi connectivity index (χ0) is 15.0. The molecule has 2 unspecified atom stereocenters. The molecule has 0 spiro atoms. The SMILES string of the molecule is CC(C)C1(C(=O)O)CCN(C2CCc3ccccc3C2)C1. The number of aliphatic carboxylic acids is 1. The topological polar surface area (TPSA) is 40.5 Å². The van der Waals surface area contributed by atoms with Gasteiger partial charge in [0, 0.05) is 12.6 Å². The van der Waals surface area contributed by atoms with Crippen LogP contribution in [0.15, 0.2) is 24.3 Å². The van der Waals surface area contributed by atoms with Crippen LogP contribution in [0.3, 0.4) is 0 Å². The van der Waals surface area contributed by atoms with Crippen LogP contribution in [0.4, 0.5) is 0 Å². The predicted molar refractivity (Wildman–Crippen MR) is 83.4 cm³/mol. The maximum atomic E-state index is 11.8. The third-order valence-corrected chi connectivity index (χ3v) is 5.70. The van der Waals surface area contributed by atoms with E-state index in [1.165, 1.54) is 11.1 Å². The Bertz CT molecular complexity index is 540. The minimum absolute atomic E-state index is 0.191. The van der Waals surface area contributed by atoms with E-state index in [9.17, 15) is 9.90 Å². The Morgan fingerprint density at radius 2 is 2.05 bits per heavy atom. The van der Waals surface area contributed by atoms with Crippen LogP contribution in [-0.4, -0.2) is 35.1 Å². The predicted octanol–water partition coefficient (Wildman–Crippen LogP) is 2.98. The van der Waals surface area contributed by atoms with E-state index in [4.69, 9.17) is 0 Å². The lowest BCUT2D eigenvalue weighted by atomic mass is 9.76. The zero-order valence-corrected chi connectivity index (χ0v) is 13.0. The molecule has 3 heteroatoms. The highest BCUT2D eigenvalue weighted by atomic mass is 16.4. The van der Waals surface area contributed by atoms with E-state index < -0.39 is 11.4 Å². The molecule has 1 aromatic carbocycles. The number of carboxylic acids is 1. The minimum Gasteiger partial charge on any atom is -0.481 e. The van der Waals surface area contributed by atoms with Crippen molar-refractivity contribution in [1.82, 2.24) is 4.90 Å². The van der Waals surface area contributed by atoms with Gasteiger partial charge < -0.3 is 5.11 Å². The van der Waals surface area contributed by atoms with Crippen molar-refractivity contribution in [2.24, 2.45) is 11.3 Å². The molecule has 1 aliphatic heterocycles. The lowest BCUT2D eigenvalue weighted by Gasteiger charge is -2.34. The number of nitrogens with zero attached hydrogens (tertiary/aromatic N) is 1. The van der Waals surface area contributed by atoms with Crippen molar-refractivity contribution in [2.45, 2.75) is 45.6 Å². The second kappa shape index (κ2) is 5.45. The molecule has 21 heavy (non-hydrogen) atoms. The lowest BCUT2D eigenvalue weighted by Crippen LogP contribution is -2.43. The Morgan fingerprint density at radius 1 is 1.33 bits per heavy atom. The van der Waals surface area contributed by atoms with Gasteiger partial charge in [-0.1, -0.05) is 38.1 Å². The highest BCUT2D eigenvalue weighted by Crippen LogP contribution is 2.40. The average Bonchev–Trinajstić information content (AvgIpc) is 2.93. The molecular formula is C18H25NO2. The van der Waals surface area contributed by atoms with Gasteiger partial charge in [-0.15, -0.1) is 0 Å². The smallest absolute Gasteiger partial charge is 0.311 e. The Hall–Kier alpha value is -1.35. The van der Waals surface area contributed by atoms with Crippen LogP contribution in [0.25, 0.3) is 0 Å². The Balaban J connectivity index is 1.74. The first-order valence-corrected chi connectivity index (χ1v) is 8.07. The van der Waals surface area contributed by atoms with Crippen molar-refractivity contribution in [1.29, 1.82) is 0 Å². The van der Waals surface area contributed by atoms with Gasteiger partial charge in [-0.25, -0.2) is 0 Å². The molecule has 1 N–H and O–H groups in total. The number of hydrogen-bond donors (Lipinski definition) is 1. The fourth-order valence-electron chi connectivity index (χ4n) is 4.06. The summed E-state index contributed by atoms with van der Waals surface area (Å²) in [6.07, 6.45) is 4.14. The number of aryl methyl sites for hydroxylation is 1. The number of hydrogen-bond acceptors (Lipinski definition) is 2. The highest BCUT2D eigenvalue weighted by Gasteiger charge is 2.48. The van der Waals surface area contributed by atoms with E-state index in [1.54, 1.807) is 0 Å². The van der Waals surface area contributed by atoms with Gasteiger partial charge in [0.1, 0.15) is 0 Å². The molecule has 3 rings (SSSR count). The molecule has 1 fully saturated rings. The molecule has 1 aliphatic carbocycles. The maximum Gasteiger partial charge on any atom is 0.311 e. The largest absolute Gasteiger partial charge is 0.481 e. The maximum absolute atomic E-state index is 11.8. The Labute approximate surface area is 127 Å². The zero-order valence-electron chi connectivity index (χ0n) is 13.0. The van der Waals surface area contributed by atoms with Crippen molar-refractivity contribution in [3.05, 3.63) is 35.4 Å². The molecule has 3 nitrogen and oxygen atoms in total. The van der Waals surface area contributed by atoms with Gasteiger partial charge in [-0.2, -0.15) is 0 Å². The van der Waals surface area contributed by atoms with Gasteiger partial charge in [0.15, 0.2) is 0 Å². The first-order valence-electron chi connectivity index (χ1n) is 8.07.